The summed E-state index contributed by atoms with van der Waals surface area (Å²) in [6.07, 6.45) is 5.58. The standard InChI is InChI=1S/C14H16N2O/c17-14(15-8-7-10-5-6-10)12-9-16-13-4-2-1-3-11(12)13/h1-4,9-10,16H,5-8H2,(H,15,17). The number of aromatic nitrogens is 1. The van der Waals surface area contributed by atoms with Crippen LogP contribution in [0, 0.1) is 5.92 Å². The van der Waals surface area contributed by atoms with Crippen LogP contribution in [0.1, 0.15) is 29.6 Å². The van der Waals surface area contributed by atoms with Gasteiger partial charge in [-0.25, -0.2) is 0 Å². The van der Waals surface area contributed by atoms with Gasteiger partial charge in [0.2, 0.25) is 0 Å². The summed E-state index contributed by atoms with van der Waals surface area (Å²) in [5, 5.41) is 3.99. The molecular weight excluding hydrogens is 212 g/mol. The number of aromatic amines is 1. The lowest BCUT2D eigenvalue weighted by molar-refractivity contribution is 0.0954. The van der Waals surface area contributed by atoms with E-state index in [0.29, 0.717) is 0 Å². The molecule has 0 aliphatic heterocycles. The van der Waals surface area contributed by atoms with Crippen molar-refractivity contribution in [1.29, 1.82) is 0 Å². The summed E-state index contributed by atoms with van der Waals surface area (Å²) in [7, 11) is 0. The zero-order valence-electron chi connectivity index (χ0n) is 9.70. The molecule has 2 aromatic rings. The molecule has 1 aromatic carbocycles. The minimum absolute atomic E-state index is 0.0306. The molecule has 1 aliphatic rings. The lowest BCUT2D eigenvalue weighted by Gasteiger charge is -2.03. The molecule has 1 fully saturated rings. The minimum atomic E-state index is 0.0306. The Bertz CT molecular complexity index is 540. The van der Waals surface area contributed by atoms with Crippen LogP contribution in [0.3, 0.4) is 0 Å². The number of fused-ring (bicyclic) bond motifs is 1. The van der Waals surface area contributed by atoms with Gasteiger partial charge in [-0.15, -0.1) is 0 Å². The van der Waals surface area contributed by atoms with Crippen LogP contribution in [0.25, 0.3) is 10.9 Å². The van der Waals surface area contributed by atoms with E-state index in [1.165, 1.54) is 12.8 Å². The first-order valence-electron chi connectivity index (χ1n) is 6.19. The average Bonchev–Trinajstić information content (AvgIpc) is 3.07. The zero-order chi connectivity index (χ0) is 11.7. The number of carbonyl (C=O) groups is 1. The third kappa shape index (κ3) is 2.18. The summed E-state index contributed by atoms with van der Waals surface area (Å²) in [6, 6.07) is 7.88. The molecule has 0 radical (unpaired) electrons. The van der Waals surface area contributed by atoms with Crippen molar-refractivity contribution >= 4 is 16.8 Å². The molecule has 2 N–H and O–H groups in total. The van der Waals surface area contributed by atoms with Gasteiger partial charge in [-0.1, -0.05) is 31.0 Å². The third-order valence-electron chi connectivity index (χ3n) is 3.37. The van der Waals surface area contributed by atoms with Gasteiger partial charge in [-0.2, -0.15) is 0 Å². The van der Waals surface area contributed by atoms with Gasteiger partial charge < -0.3 is 10.3 Å². The molecule has 1 aromatic heterocycles. The molecule has 1 saturated carbocycles. The smallest absolute Gasteiger partial charge is 0.253 e. The lowest BCUT2D eigenvalue weighted by Crippen LogP contribution is -2.24. The van der Waals surface area contributed by atoms with Crippen LogP contribution < -0.4 is 5.32 Å². The lowest BCUT2D eigenvalue weighted by atomic mass is 10.1. The molecule has 1 heterocycles. The number of hydrogen-bond donors (Lipinski definition) is 2. The van der Waals surface area contributed by atoms with Crippen LogP contribution >= 0.6 is 0 Å². The maximum absolute atomic E-state index is 12.0. The second-order valence-corrected chi connectivity index (χ2v) is 4.74. The maximum atomic E-state index is 12.0. The Morgan fingerprint density at radius 2 is 2.18 bits per heavy atom. The predicted octanol–water partition coefficient (Wildman–Crippen LogP) is 2.70. The molecule has 1 amide bonds. The summed E-state index contributed by atoms with van der Waals surface area (Å²) < 4.78 is 0. The van der Waals surface area contributed by atoms with Gasteiger partial charge in [-0.3, -0.25) is 4.79 Å². The first kappa shape index (κ1) is 10.4. The molecule has 88 valence electrons. The van der Waals surface area contributed by atoms with Gasteiger partial charge in [0.05, 0.1) is 5.56 Å². The largest absolute Gasteiger partial charge is 0.360 e. The van der Waals surface area contributed by atoms with Crippen LogP contribution in [-0.4, -0.2) is 17.4 Å². The van der Waals surface area contributed by atoms with Crippen molar-refractivity contribution in [1.82, 2.24) is 10.3 Å². The molecule has 3 heteroatoms. The van der Waals surface area contributed by atoms with E-state index in [9.17, 15) is 4.79 Å². The second-order valence-electron chi connectivity index (χ2n) is 4.74. The van der Waals surface area contributed by atoms with Crippen molar-refractivity contribution in [2.45, 2.75) is 19.3 Å². The van der Waals surface area contributed by atoms with E-state index in [4.69, 9.17) is 0 Å². The van der Waals surface area contributed by atoms with E-state index in [1.807, 2.05) is 24.3 Å². The van der Waals surface area contributed by atoms with Crippen molar-refractivity contribution < 1.29 is 4.79 Å². The second kappa shape index (κ2) is 4.24. The molecule has 17 heavy (non-hydrogen) atoms. The highest BCUT2D eigenvalue weighted by molar-refractivity contribution is 6.06. The summed E-state index contributed by atoms with van der Waals surface area (Å²) in [4.78, 5) is 15.1. The number of para-hydroxylation sites is 1. The van der Waals surface area contributed by atoms with Crippen molar-refractivity contribution in [3.63, 3.8) is 0 Å². The Balaban J connectivity index is 1.71. The SMILES string of the molecule is O=C(NCCC1CC1)c1c[nH]c2ccccc12. The first-order valence-corrected chi connectivity index (χ1v) is 6.19. The number of H-pyrrole nitrogens is 1. The van der Waals surface area contributed by atoms with E-state index in [2.05, 4.69) is 10.3 Å². The fourth-order valence-electron chi connectivity index (χ4n) is 2.15. The van der Waals surface area contributed by atoms with Crippen LogP contribution in [0.15, 0.2) is 30.5 Å². The van der Waals surface area contributed by atoms with Crippen LogP contribution in [0.5, 0.6) is 0 Å². The average molecular weight is 228 g/mol. The fourth-order valence-corrected chi connectivity index (χ4v) is 2.15. The fraction of sp³-hybridized carbons (Fsp3) is 0.357. The molecule has 3 rings (SSSR count). The summed E-state index contributed by atoms with van der Waals surface area (Å²) in [5.41, 5.74) is 1.76. The molecular formula is C14H16N2O. The normalized spacial score (nSPS) is 15.1. The van der Waals surface area contributed by atoms with Gasteiger partial charge in [0.15, 0.2) is 0 Å². The molecule has 0 saturated heterocycles. The first-order chi connectivity index (χ1) is 8.34. The summed E-state index contributed by atoms with van der Waals surface area (Å²) in [6.45, 7) is 0.795. The maximum Gasteiger partial charge on any atom is 0.253 e. The summed E-state index contributed by atoms with van der Waals surface area (Å²) >= 11 is 0. The number of amides is 1. The van der Waals surface area contributed by atoms with Crippen LogP contribution in [-0.2, 0) is 0 Å². The number of hydrogen-bond acceptors (Lipinski definition) is 1. The number of benzene rings is 1. The van der Waals surface area contributed by atoms with Gasteiger partial charge in [-0.05, 0) is 18.4 Å². The van der Waals surface area contributed by atoms with Crippen molar-refractivity contribution in [2.75, 3.05) is 6.54 Å². The molecule has 0 bridgehead atoms. The topological polar surface area (TPSA) is 44.9 Å². The molecule has 0 atom stereocenters. The van der Waals surface area contributed by atoms with E-state index in [0.717, 1.165) is 35.3 Å². The highest BCUT2D eigenvalue weighted by Crippen LogP contribution is 2.31. The summed E-state index contributed by atoms with van der Waals surface area (Å²) in [5.74, 6) is 0.890. The predicted molar refractivity (Wildman–Crippen MR) is 68.0 cm³/mol. The Kier molecular flexibility index (Phi) is 2.59. The zero-order valence-corrected chi connectivity index (χ0v) is 9.70. The molecule has 3 nitrogen and oxygen atoms in total. The Labute approximate surface area is 100 Å². The quantitative estimate of drug-likeness (QED) is 0.830. The van der Waals surface area contributed by atoms with Gasteiger partial charge in [0.1, 0.15) is 0 Å². The number of carbonyl (C=O) groups excluding carboxylic acids is 1. The van der Waals surface area contributed by atoms with E-state index < -0.39 is 0 Å². The van der Waals surface area contributed by atoms with E-state index >= 15 is 0 Å². The number of nitrogens with one attached hydrogen (secondary N) is 2. The van der Waals surface area contributed by atoms with Crippen LogP contribution in [0.4, 0.5) is 0 Å². The Morgan fingerprint density at radius 1 is 1.35 bits per heavy atom. The van der Waals surface area contributed by atoms with Gasteiger partial charge >= 0.3 is 0 Å². The van der Waals surface area contributed by atoms with Crippen molar-refractivity contribution in [2.24, 2.45) is 5.92 Å². The molecule has 1 aliphatic carbocycles. The highest BCUT2D eigenvalue weighted by atomic mass is 16.1. The highest BCUT2D eigenvalue weighted by Gasteiger charge is 2.21. The number of rotatable bonds is 4. The van der Waals surface area contributed by atoms with Crippen LogP contribution in [0.2, 0.25) is 0 Å². The van der Waals surface area contributed by atoms with E-state index in [1.54, 1.807) is 6.20 Å². The third-order valence-corrected chi connectivity index (χ3v) is 3.37. The Morgan fingerprint density at radius 3 is 3.00 bits per heavy atom. The minimum Gasteiger partial charge on any atom is -0.360 e. The van der Waals surface area contributed by atoms with E-state index in [-0.39, 0.29) is 5.91 Å². The monoisotopic (exact) mass is 228 g/mol. The molecule has 0 spiro atoms. The van der Waals surface area contributed by atoms with Gasteiger partial charge in [0, 0.05) is 23.6 Å². The van der Waals surface area contributed by atoms with Gasteiger partial charge in [0.25, 0.3) is 5.91 Å². The Hall–Kier alpha value is -1.77. The molecule has 0 unspecified atom stereocenters. The van der Waals surface area contributed by atoms with Crippen molar-refractivity contribution in [3.8, 4) is 0 Å². The van der Waals surface area contributed by atoms with Crippen molar-refractivity contribution in [3.05, 3.63) is 36.0 Å².